The van der Waals surface area contributed by atoms with Gasteiger partial charge in [0.25, 0.3) is 5.78 Å². The lowest BCUT2D eigenvalue weighted by atomic mass is 9.95. The van der Waals surface area contributed by atoms with Crippen LogP contribution in [0, 0.1) is 5.82 Å². The molecule has 47 heavy (non-hydrogen) atoms. The zero-order valence-electron chi connectivity index (χ0n) is 24.9. The quantitative estimate of drug-likeness (QED) is 0.0487. The molecule has 0 bridgehead atoms. The van der Waals surface area contributed by atoms with Crippen LogP contribution in [0.1, 0.15) is 35.2 Å². The van der Waals surface area contributed by atoms with E-state index in [-0.39, 0.29) is 16.3 Å². The summed E-state index contributed by atoms with van der Waals surface area (Å²) in [5, 5.41) is 20.8. The maximum Gasteiger partial charge on any atom is 0.301 e. The number of halogens is 2. The van der Waals surface area contributed by atoms with Crippen molar-refractivity contribution in [2.45, 2.75) is 29.7 Å². The van der Waals surface area contributed by atoms with E-state index in [0.717, 1.165) is 22.5 Å². The SMILES string of the molecule is CCOc1cc(C2/C(=C(\O)c3ccc(F)cc3)C(=O)C(=O)N2c2nnc(SCc3ccc(Cl)cc3)s2)ccc1OCc1ccccc1. The first-order valence-corrected chi connectivity index (χ1v) is 16.7. The second-order valence-electron chi connectivity index (χ2n) is 10.4. The van der Waals surface area contributed by atoms with Crippen LogP contribution in [-0.2, 0) is 21.9 Å². The summed E-state index contributed by atoms with van der Waals surface area (Å²) in [6, 6.07) is 26.1. The Morgan fingerprint density at radius 1 is 0.936 bits per heavy atom. The Bertz CT molecular complexity index is 1940. The van der Waals surface area contributed by atoms with E-state index in [1.165, 1.54) is 40.9 Å². The molecule has 1 unspecified atom stereocenters. The highest BCUT2D eigenvalue weighted by atomic mass is 35.5. The molecule has 1 amide bonds. The molecule has 1 N–H and O–H groups in total. The van der Waals surface area contributed by atoms with Gasteiger partial charge < -0.3 is 14.6 Å². The Balaban J connectivity index is 1.39. The Hall–Kier alpha value is -4.71. The minimum Gasteiger partial charge on any atom is -0.507 e. The normalized spacial score (nSPS) is 15.6. The average Bonchev–Trinajstić information content (AvgIpc) is 3.66. The number of aliphatic hydroxyl groups is 1. The van der Waals surface area contributed by atoms with E-state index < -0.39 is 29.3 Å². The first-order chi connectivity index (χ1) is 22.8. The highest BCUT2D eigenvalue weighted by Gasteiger charge is 2.48. The summed E-state index contributed by atoms with van der Waals surface area (Å²) in [6.07, 6.45) is 0. The molecule has 8 nitrogen and oxygen atoms in total. The molecule has 238 valence electrons. The second-order valence-corrected chi connectivity index (χ2v) is 13.0. The molecule has 2 heterocycles. The molecule has 1 aliphatic rings. The number of aliphatic hydroxyl groups excluding tert-OH is 1. The summed E-state index contributed by atoms with van der Waals surface area (Å²) in [7, 11) is 0. The molecule has 12 heteroatoms. The van der Waals surface area contributed by atoms with Crippen LogP contribution < -0.4 is 14.4 Å². The minimum atomic E-state index is -1.09. The zero-order valence-corrected chi connectivity index (χ0v) is 27.3. The lowest BCUT2D eigenvalue weighted by Crippen LogP contribution is -2.29. The highest BCUT2D eigenvalue weighted by molar-refractivity contribution is 8.00. The molecular weight excluding hydrogens is 661 g/mol. The van der Waals surface area contributed by atoms with Crippen LogP contribution in [-0.4, -0.2) is 33.6 Å². The molecule has 0 spiro atoms. The molecule has 6 rings (SSSR count). The number of benzene rings is 4. The van der Waals surface area contributed by atoms with Crippen molar-refractivity contribution in [3.05, 3.63) is 136 Å². The summed E-state index contributed by atoms with van der Waals surface area (Å²) in [5.41, 5.74) is 2.46. The first kappa shape index (κ1) is 32.2. The summed E-state index contributed by atoms with van der Waals surface area (Å²) < 4.78 is 26.3. The number of aromatic nitrogens is 2. The Morgan fingerprint density at radius 2 is 1.68 bits per heavy atom. The van der Waals surface area contributed by atoms with Gasteiger partial charge in [-0.2, -0.15) is 0 Å². The number of anilines is 1. The van der Waals surface area contributed by atoms with Crippen LogP contribution >= 0.6 is 34.7 Å². The summed E-state index contributed by atoms with van der Waals surface area (Å²) in [5.74, 6) is -1.31. The standard InChI is InChI=1S/C35H27ClFN3O5S2/c1-2-44-28-18-24(12-17-27(28)45-19-21-6-4-3-5-7-21)30-29(31(41)23-10-15-26(37)16-11-23)32(42)33(43)40(30)34-38-39-35(47-34)46-20-22-8-13-25(36)14-9-22/h3-18,30,41H,2,19-20H2,1H3/b31-29+. The van der Waals surface area contributed by atoms with E-state index in [4.69, 9.17) is 21.1 Å². The molecule has 0 saturated carbocycles. The monoisotopic (exact) mass is 687 g/mol. The van der Waals surface area contributed by atoms with Gasteiger partial charge in [0.2, 0.25) is 5.13 Å². The van der Waals surface area contributed by atoms with E-state index in [2.05, 4.69) is 10.2 Å². The Morgan fingerprint density at radius 3 is 2.40 bits per heavy atom. The number of nitrogens with zero attached hydrogens (tertiary/aromatic N) is 3. The van der Waals surface area contributed by atoms with Gasteiger partial charge in [0, 0.05) is 16.3 Å². The molecule has 1 aromatic heterocycles. The number of carbonyl (C=O) groups is 2. The van der Waals surface area contributed by atoms with E-state index in [0.29, 0.717) is 45.4 Å². The maximum absolute atomic E-state index is 13.7. The third-order valence-corrected chi connectivity index (χ3v) is 9.64. The molecule has 0 aliphatic carbocycles. The average molecular weight is 688 g/mol. The van der Waals surface area contributed by atoms with Crippen molar-refractivity contribution >= 4 is 57.3 Å². The number of hydrogen-bond donors (Lipinski definition) is 1. The van der Waals surface area contributed by atoms with Crippen molar-refractivity contribution in [1.29, 1.82) is 0 Å². The number of thioether (sulfide) groups is 1. The number of amides is 1. The van der Waals surface area contributed by atoms with Crippen molar-refractivity contribution in [1.82, 2.24) is 10.2 Å². The predicted octanol–water partition coefficient (Wildman–Crippen LogP) is 8.23. The number of ether oxygens (including phenoxy) is 2. The van der Waals surface area contributed by atoms with Gasteiger partial charge in [0.05, 0.1) is 18.2 Å². The fourth-order valence-electron chi connectivity index (χ4n) is 5.01. The number of rotatable bonds is 11. The summed E-state index contributed by atoms with van der Waals surface area (Å²) in [6.45, 7) is 2.45. The Kier molecular flexibility index (Phi) is 9.86. The first-order valence-electron chi connectivity index (χ1n) is 14.5. The van der Waals surface area contributed by atoms with E-state index >= 15 is 0 Å². The van der Waals surface area contributed by atoms with Gasteiger partial charge >= 0.3 is 5.91 Å². The smallest absolute Gasteiger partial charge is 0.301 e. The summed E-state index contributed by atoms with van der Waals surface area (Å²) >= 11 is 8.58. The summed E-state index contributed by atoms with van der Waals surface area (Å²) in [4.78, 5) is 28.6. The second kappa shape index (κ2) is 14.4. The fourth-order valence-corrected chi connectivity index (χ4v) is 6.96. The molecule has 4 aromatic carbocycles. The van der Waals surface area contributed by atoms with Crippen LogP contribution in [0.5, 0.6) is 11.5 Å². The molecule has 0 radical (unpaired) electrons. The molecule has 5 aromatic rings. The van der Waals surface area contributed by atoms with Crippen molar-refractivity contribution < 1.29 is 28.6 Å². The maximum atomic E-state index is 13.7. The van der Waals surface area contributed by atoms with Gasteiger partial charge in [-0.3, -0.25) is 14.5 Å². The van der Waals surface area contributed by atoms with Gasteiger partial charge in [-0.05, 0) is 72.1 Å². The highest BCUT2D eigenvalue weighted by Crippen LogP contribution is 2.45. The number of carbonyl (C=O) groups excluding carboxylic acids is 2. The van der Waals surface area contributed by atoms with Gasteiger partial charge in [0.1, 0.15) is 18.2 Å². The van der Waals surface area contributed by atoms with Crippen LogP contribution in [0.2, 0.25) is 5.02 Å². The van der Waals surface area contributed by atoms with E-state index in [1.54, 1.807) is 30.3 Å². The zero-order chi connectivity index (χ0) is 32.9. The van der Waals surface area contributed by atoms with Gasteiger partial charge in [-0.15, -0.1) is 10.2 Å². The lowest BCUT2D eigenvalue weighted by molar-refractivity contribution is -0.132. The van der Waals surface area contributed by atoms with Crippen molar-refractivity contribution in [2.24, 2.45) is 0 Å². The van der Waals surface area contributed by atoms with E-state index in [9.17, 15) is 19.1 Å². The number of hydrogen-bond acceptors (Lipinski definition) is 9. The van der Waals surface area contributed by atoms with Crippen molar-refractivity contribution in [2.75, 3.05) is 11.5 Å². The van der Waals surface area contributed by atoms with Crippen LogP contribution in [0.3, 0.4) is 0 Å². The minimum absolute atomic E-state index is 0.174. The third kappa shape index (κ3) is 7.17. The molecule has 1 fully saturated rings. The lowest BCUT2D eigenvalue weighted by Gasteiger charge is -2.23. The molecule has 1 aliphatic heterocycles. The van der Waals surface area contributed by atoms with Gasteiger partial charge in [-0.25, -0.2) is 4.39 Å². The largest absolute Gasteiger partial charge is 0.507 e. The van der Waals surface area contributed by atoms with E-state index in [1.807, 2.05) is 49.4 Å². The van der Waals surface area contributed by atoms with Crippen molar-refractivity contribution in [3.63, 3.8) is 0 Å². The topological polar surface area (TPSA) is 102 Å². The van der Waals surface area contributed by atoms with Crippen LogP contribution in [0.15, 0.2) is 107 Å². The number of ketones is 1. The fraction of sp³-hybridized carbons (Fsp3) is 0.143. The van der Waals surface area contributed by atoms with Crippen molar-refractivity contribution in [3.8, 4) is 11.5 Å². The Labute approximate surface area is 283 Å². The third-order valence-electron chi connectivity index (χ3n) is 7.26. The molecule has 1 saturated heterocycles. The predicted molar refractivity (Wildman–Crippen MR) is 180 cm³/mol. The number of Topliss-reactive ketones (excluding diaryl/α,β-unsaturated/α-hetero) is 1. The van der Waals surface area contributed by atoms with Gasteiger partial charge in [0.15, 0.2) is 15.8 Å². The van der Waals surface area contributed by atoms with Crippen LogP contribution in [0.4, 0.5) is 9.52 Å². The van der Waals surface area contributed by atoms with Crippen LogP contribution in [0.25, 0.3) is 5.76 Å². The molecular formula is C35H27ClFN3O5S2. The van der Waals surface area contributed by atoms with Gasteiger partial charge in [-0.1, -0.05) is 83.2 Å². The molecule has 1 atom stereocenters.